The molecule has 4 heteroatoms. The Balaban J connectivity index is 1.88. The second-order valence-corrected chi connectivity index (χ2v) is 5.19. The topological polar surface area (TPSA) is 55.4 Å². The van der Waals surface area contributed by atoms with Gasteiger partial charge in [0.25, 0.3) is 5.91 Å². The third-order valence-corrected chi connectivity index (χ3v) is 3.66. The Bertz CT molecular complexity index is 549. The molecule has 0 heterocycles. The van der Waals surface area contributed by atoms with Gasteiger partial charge in [-0.25, -0.2) is 4.79 Å². The zero-order valence-corrected chi connectivity index (χ0v) is 12.4. The first-order valence-corrected chi connectivity index (χ1v) is 7.35. The van der Waals surface area contributed by atoms with Crippen LogP contribution >= 0.6 is 0 Å². The van der Waals surface area contributed by atoms with Gasteiger partial charge in [-0.1, -0.05) is 17.7 Å². The largest absolute Gasteiger partial charge is 0.465 e. The number of rotatable bonds is 5. The summed E-state index contributed by atoms with van der Waals surface area (Å²) in [7, 11) is 1.33. The smallest absolute Gasteiger partial charge is 0.337 e. The van der Waals surface area contributed by atoms with Gasteiger partial charge in [-0.15, -0.1) is 0 Å². The summed E-state index contributed by atoms with van der Waals surface area (Å²) >= 11 is 0. The standard InChI is InChI=1S/C17H21NO3/c1-21-17(20)15-9-5-8-14(12-15)16(19)18-11-10-13-6-3-2-4-7-13/h5-6,8-9,12H,2-4,7,10-11H2,1H3,(H,18,19). The lowest BCUT2D eigenvalue weighted by molar-refractivity contribution is 0.0600. The molecular weight excluding hydrogens is 266 g/mol. The van der Waals surface area contributed by atoms with Crippen molar-refractivity contribution in [2.45, 2.75) is 32.1 Å². The van der Waals surface area contributed by atoms with Crippen molar-refractivity contribution in [3.63, 3.8) is 0 Å². The number of esters is 1. The molecule has 112 valence electrons. The number of ether oxygens (including phenoxy) is 1. The van der Waals surface area contributed by atoms with Crippen molar-refractivity contribution >= 4 is 11.9 Å². The molecule has 1 N–H and O–H groups in total. The van der Waals surface area contributed by atoms with Crippen LogP contribution in [0.25, 0.3) is 0 Å². The third kappa shape index (κ3) is 4.45. The summed E-state index contributed by atoms with van der Waals surface area (Å²) in [6, 6.07) is 6.57. The molecule has 1 aromatic rings. The molecule has 1 aliphatic rings. The van der Waals surface area contributed by atoms with Crippen LogP contribution in [0.2, 0.25) is 0 Å². The van der Waals surface area contributed by atoms with Gasteiger partial charge in [0.15, 0.2) is 0 Å². The quantitative estimate of drug-likeness (QED) is 0.669. The minimum Gasteiger partial charge on any atom is -0.465 e. The van der Waals surface area contributed by atoms with Gasteiger partial charge in [0.2, 0.25) is 0 Å². The summed E-state index contributed by atoms with van der Waals surface area (Å²) in [5.41, 5.74) is 2.31. The van der Waals surface area contributed by atoms with E-state index in [-0.39, 0.29) is 5.91 Å². The molecule has 0 aromatic heterocycles. The van der Waals surface area contributed by atoms with Crippen molar-refractivity contribution in [1.82, 2.24) is 5.32 Å². The highest BCUT2D eigenvalue weighted by Gasteiger charge is 2.10. The maximum atomic E-state index is 12.1. The van der Waals surface area contributed by atoms with E-state index in [9.17, 15) is 9.59 Å². The molecule has 0 radical (unpaired) electrons. The molecule has 0 saturated heterocycles. The molecule has 21 heavy (non-hydrogen) atoms. The number of nitrogens with one attached hydrogen (secondary N) is 1. The second-order valence-electron chi connectivity index (χ2n) is 5.19. The van der Waals surface area contributed by atoms with E-state index in [2.05, 4.69) is 16.1 Å². The van der Waals surface area contributed by atoms with Gasteiger partial charge in [-0.05, 0) is 50.3 Å². The molecule has 4 nitrogen and oxygen atoms in total. The lowest BCUT2D eigenvalue weighted by Gasteiger charge is -2.13. The van der Waals surface area contributed by atoms with Crippen LogP contribution in [0.4, 0.5) is 0 Å². The Morgan fingerprint density at radius 2 is 2.05 bits per heavy atom. The van der Waals surface area contributed by atoms with Crippen LogP contribution in [0.15, 0.2) is 35.9 Å². The van der Waals surface area contributed by atoms with Crippen molar-refractivity contribution in [2.75, 3.05) is 13.7 Å². The van der Waals surface area contributed by atoms with Gasteiger partial charge < -0.3 is 10.1 Å². The van der Waals surface area contributed by atoms with E-state index in [0.29, 0.717) is 17.7 Å². The highest BCUT2D eigenvalue weighted by atomic mass is 16.5. The molecule has 0 fully saturated rings. The molecule has 2 rings (SSSR count). The predicted octanol–water partition coefficient (Wildman–Crippen LogP) is 3.09. The van der Waals surface area contributed by atoms with Crippen LogP contribution in [0.1, 0.15) is 52.8 Å². The van der Waals surface area contributed by atoms with Gasteiger partial charge in [0.1, 0.15) is 0 Å². The van der Waals surface area contributed by atoms with E-state index in [1.807, 2.05) is 0 Å². The minimum absolute atomic E-state index is 0.155. The Morgan fingerprint density at radius 1 is 1.24 bits per heavy atom. The van der Waals surface area contributed by atoms with Crippen LogP contribution in [0, 0.1) is 0 Å². The second kappa shape index (κ2) is 7.62. The van der Waals surface area contributed by atoms with E-state index in [0.717, 1.165) is 19.3 Å². The highest BCUT2D eigenvalue weighted by molar-refractivity contribution is 5.97. The predicted molar refractivity (Wildman–Crippen MR) is 81.3 cm³/mol. The normalized spacial score (nSPS) is 14.2. The van der Waals surface area contributed by atoms with E-state index < -0.39 is 5.97 Å². The third-order valence-electron chi connectivity index (χ3n) is 3.66. The molecule has 0 atom stereocenters. The molecule has 0 unspecified atom stereocenters. The molecule has 1 aliphatic carbocycles. The Kier molecular flexibility index (Phi) is 5.55. The van der Waals surface area contributed by atoms with E-state index >= 15 is 0 Å². The number of amides is 1. The number of carbonyl (C=O) groups excluding carboxylic acids is 2. The molecule has 0 aliphatic heterocycles. The molecule has 0 spiro atoms. The van der Waals surface area contributed by atoms with Crippen molar-refractivity contribution in [3.05, 3.63) is 47.0 Å². The first-order valence-electron chi connectivity index (χ1n) is 7.35. The Hall–Kier alpha value is -2.10. The lowest BCUT2D eigenvalue weighted by atomic mass is 9.97. The first kappa shape index (κ1) is 15.3. The zero-order chi connectivity index (χ0) is 15.1. The average molecular weight is 287 g/mol. The van der Waals surface area contributed by atoms with Gasteiger partial charge in [0.05, 0.1) is 12.7 Å². The fourth-order valence-electron chi connectivity index (χ4n) is 2.48. The number of allylic oxidation sites excluding steroid dienone is 1. The van der Waals surface area contributed by atoms with Gasteiger partial charge in [-0.3, -0.25) is 4.79 Å². The van der Waals surface area contributed by atoms with Crippen molar-refractivity contribution in [2.24, 2.45) is 0 Å². The van der Waals surface area contributed by atoms with Gasteiger partial charge >= 0.3 is 5.97 Å². The fraction of sp³-hybridized carbons (Fsp3) is 0.412. The summed E-state index contributed by atoms with van der Waals surface area (Å²) in [5, 5.41) is 2.90. The Morgan fingerprint density at radius 3 is 2.76 bits per heavy atom. The first-order chi connectivity index (χ1) is 10.2. The summed E-state index contributed by atoms with van der Waals surface area (Å²) in [5.74, 6) is -0.589. The van der Waals surface area contributed by atoms with Crippen molar-refractivity contribution < 1.29 is 14.3 Å². The molecular formula is C17H21NO3. The Labute approximate surface area is 125 Å². The average Bonchev–Trinajstić information content (AvgIpc) is 2.55. The number of hydrogen-bond acceptors (Lipinski definition) is 3. The summed E-state index contributed by atoms with van der Waals surface area (Å²) in [6.07, 6.45) is 8.02. The van der Waals surface area contributed by atoms with Crippen LogP contribution in [0.5, 0.6) is 0 Å². The van der Waals surface area contributed by atoms with Crippen LogP contribution < -0.4 is 5.32 Å². The number of hydrogen-bond donors (Lipinski definition) is 1. The monoisotopic (exact) mass is 287 g/mol. The van der Waals surface area contributed by atoms with Gasteiger partial charge in [-0.2, -0.15) is 0 Å². The van der Waals surface area contributed by atoms with E-state index in [1.54, 1.807) is 24.3 Å². The number of benzene rings is 1. The molecule has 0 saturated carbocycles. The van der Waals surface area contributed by atoms with Crippen LogP contribution in [0.3, 0.4) is 0 Å². The number of carbonyl (C=O) groups is 2. The highest BCUT2D eigenvalue weighted by Crippen LogP contribution is 2.19. The maximum Gasteiger partial charge on any atom is 0.337 e. The zero-order valence-electron chi connectivity index (χ0n) is 12.4. The molecule has 0 bridgehead atoms. The summed E-state index contributed by atoms with van der Waals surface area (Å²) < 4.78 is 4.65. The van der Waals surface area contributed by atoms with E-state index in [1.165, 1.54) is 25.5 Å². The summed E-state index contributed by atoms with van der Waals surface area (Å²) in [6.45, 7) is 0.632. The fourth-order valence-corrected chi connectivity index (χ4v) is 2.48. The van der Waals surface area contributed by atoms with Crippen molar-refractivity contribution in [1.29, 1.82) is 0 Å². The molecule has 1 amide bonds. The molecule has 1 aromatic carbocycles. The lowest BCUT2D eigenvalue weighted by Crippen LogP contribution is -2.25. The van der Waals surface area contributed by atoms with Crippen molar-refractivity contribution in [3.8, 4) is 0 Å². The van der Waals surface area contributed by atoms with Gasteiger partial charge in [0, 0.05) is 12.1 Å². The van der Waals surface area contributed by atoms with Crippen LogP contribution in [-0.4, -0.2) is 25.5 Å². The maximum absolute atomic E-state index is 12.1. The summed E-state index contributed by atoms with van der Waals surface area (Å²) in [4.78, 5) is 23.5. The SMILES string of the molecule is COC(=O)c1cccc(C(=O)NCCC2=CCCCC2)c1. The van der Waals surface area contributed by atoms with E-state index in [4.69, 9.17) is 0 Å². The minimum atomic E-state index is -0.433. The van der Waals surface area contributed by atoms with Crippen LogP contribution in [-0.2, 0) is 4.74 Å². The number of methoxy groups -OCH3 is 1.